The number of hydrogen-bond donors (Lipinski definition) is 4. The van der Waals surface area contributed by atoms with Gasteiger partial charge in [-0.1, -0.05) is 66.5 Å². The number of ether oxygens (including phenoxy) is 1. The Morgan fingerprint density at radius 2 is 1.74 bits per heavy atom. The quantitative estimate of drug-likeness (QED) is 0.229. The normalized spacial score (nSPS) is 48.4. The van der Waals surface area contributed by atoms with Crippen molar-refractivity contribution in [2.45, 2.75) is 119 Å². The van der Waals surface area contributed by atoms with Gasteiger partial charge in [0.05, 0.1) is 18.8 Å². The molecule has 4 N–H and O–H groups in total. The van der Waals surface area contributed by atoms with Crippen molar-refractivity contribution in [1.82, 2.24) is 5.32 Å². The lowest BCUT2D eigenvalue weighted by molar-refractivity contribution is -0.340. The van der Waals surface area contributed by atoms with E-state index in [0.29, 0.717) is 24.9 Å². The maximum atomic E-state index is 12.2. The largest absolute Gasteiger partial charge is 0.388 e. The van der Waals surface area contributed by atoms with E-state index >= 15 is 0 Å². The molecule has 4 rings (SSSR count). The average molecular weight is 536 g/mol. The first kappa shape index (κ1) is 30.0. The molecule has 7 nitrogen and oxygen atoms in total. The Morgan fingerprint density at radius 3 is 2.24 bits per heavy atom. The van der Waals surface area contributed by atoms with Gasteiger partial charge in [0.15, 0.2) is 0 Å². The summed E-state index contributed by atoms with van der Waals surface area (Å²) >= 11 is 0. The number of aliphatic hydroxyl groups is 2. The van der Waals surface area contributed by atoms with Crippen LogP contribution in [0.3, 0.4) is 0 Å². The van der Waals surface area contributed by atoms with Crippen LogP contribution in [0, 0.1) is 51.8 Å². The van der Waals surface area contributed by atoms with Gasteiger partial charge in [0, 0.05) is 18.8 Å². The summed E-state index contributed by atoms with van der Waals surface area (Å²) < 4.78 is 5.98. The molecule has 0 aromatic carbocycles. The molecule has 1 aliphatic heterocycles. The zero-order valence-electron chi connectivity index (χ0n) is 25.5. The Hall–Kier alpha value is -0.990. The molecule has 218 valence electrons. The van der Waals surface area contributed by atoms with Crippen LogP contribution < -0.4 is 5.32 Å². The highest BCUT2D eigenvalue weighted by Gasteiger charge is 2.71. The second kappa shape index (κ2) is 9.54. The minimum atomic E-state index is -1.09. The van der Waals surface area contributed by atoms with Gasteiger partial charge < -0.3 is 20.3 Å². The minimum Gasteiger partial charge on any atom is -0.388 e. The molecule has 7 heteroatoms. The monoisotopic (exact) mass is 535 g/mol. The van der Waals surface area contributed by atoms with E-state index in [9.17, 15) is 20.3 Å². The molecule has 0 aromatic rings. The zero-order valence-corrected chi connectivity index (χ0v) is 25.5. The molecule has 1 heterocycles. The first-order valence-corrected chi connectivity index (χ1v) is 14.7. The standard InChI is InChI=1S/C31H53NO6/c1-15-12-23-31(35,14-37-23)27-19(5)29(10)13-22(26(38-36)25(34)20(6)32-21(7)33)17(3)24(28(29,8)9)16(2)18(4)30(15,27)11/h15-16,18-20,22-23,25-27,34-36H,12-14H2,1-11H3,(H,32,33)/t15?,16?,18?,19?,20?,22?,23?,25?,26-,27?,29?,30+,31+/m1/s1. The van der Waals surface area contributed by atoms with Crippen LogP contribution in [0.1, 0.15) is 89.0 Å². The molecule has 1 amide bonds. The van der Waals surface area contributed by atoms with Gasteiger partial charge in [0.2, 0.25) is 5.91 Å². The Labute approximate surface area is 229 Å². The van der Waals surface area contributed by atoms with Crippen molar-refractivity contribution in [1.29, 1.82) is 0 Å². The second-order valence-corrected chi connectivity index (χ2v) is 14.6. The summed E-state index contributed by atoms with van der Waals surface area (Å²) in [5.74, 6) is 0.596. The predicted molar refractivity (Wildman–Crippen MR) is 147 cm³/mol. The van der Waals surface area contributed by atoms with Crippen molar-refractivity contribution in [2.75, 3.05) is 6.61 Å². The summed E-state index contributed by atoms with van der Waals surface area (Å²) in [4.78, 5) is 16.8. The number of carbonyl (C=O) groups is 1. The van der Waals surface area contributed by atoms with Crippen molar-refractivity contribution < 1.29 is 29.9 Å². The van der Waals surface area contributed by atoms with Crippen LogP contribution in [-0.2, 0) is 14.4 Å². The topological polar surface area (TPSA) is 108 Å². The third kappa shape index (κ3) is 3.82. The number of hydrogen-bond acceptors (Lipinski definition) is 6. The maximum Gasteiger partial charge on any atom is 0.217 e. The number of aliphatic hydroxyl groups excluding tert-OH is 1. The summed E-state index contributed by atoms with van der Waals surface area (Å²) in [5.41, 5.74) is 1.14. The number of allylic oxidation sites excluding steroid dienone is 1. The molecule has 0 spiro atoms. The zero-order chi connectivity index (χ0) is 28.7. The van der Waals surface area contributed by atoms with E-state index in [1.807, 2.05) is 0 Å². The van der Waals surface area contributed by atoms with Crippen molar-refractivity contribution in [3.63, 3.8) is 0 Å². The maximum absolute atomic E-state index is 12.2. The summed E-state index contributed by atoms with van der Waals surface area (Å²) in [5, 5.41) is 36.4. The van der Waals surface area contributed by atoms with Gasteiger partial charge in [0.25, 0.3) is 0 Å². The highest BCUT2D eigenvalue weighted by Crippen LogP contribution is 2.71. The van der Waals surface area contributed by atoms with E-state index in [2.05, 4.69) is 67.6 Å². The Bertz CT molecular complexity index is 979. The summed E-state index contributed by atoms with van der Waals surface area (Å²) in [6.45, 7) is 24.5. The van der Waals surface area contributed by atoms with Crippen LogP contribution in [0.15, 0.2) is 11.1 Å². The van der Waals surface area contributed by atoms with Crippen molar-refractivity contribution in [3.8, 4) is 0 Å². The Morgan fingerprint density at radius 1 is 1.13 bits per heavy atom. The van der Waals surface area contributed by atoms with Gasteiger partial charge in [-0.2, -0.15) is 0 Å². The van der Waals surface area contributed by atoms with Gasteiger partial charge in [-0.3, -0.25) is 10.1 Å². The molecule has 3 fully saturated rings. The second-order valence-electron chi connectivity index (χ2n) is 14.6. The van der Waals surface area contributed by atoms with Crippen molar-refractivity contribution in [3.05, 3.63) is 11.1 Å². The van der Waals surface area contributed by atoms with E-state index in [0.717, 1.165) is 6.42 Å². The first-order valence-electron chi connectivity index (χ1n) is 14.7. The molecule has 10 unspecified atom stereocenters. The smallest absolute Gasteiger partial charge is 0.217 e. The average Bonchev–Trinajstić information content (AvgIpc) is 2.82. The number of carbonyl (C=O) groups excluding carboxylic acids is 1. The lowest BCUT2D eigenvalue weighted by atomic mass is 9.36. The molecule has 0 radical (unpaired) electrons. The van der Waals surface area contributed by atoms with Gasteiger partial charge in [-0.25, -0.2) is 4.89 Å². The number of nitrogens with one attached hydrogen (secondary N) is 1. The number of rotatable bonds is 5. The third-order valence-corrected chi connectivity index (χ3v) is 13.1. The number of amides is 1. The highest BCUT2D eigenvalue weighted by molar-refractivity contribution is 5.73. The molecule has 1 saturated heterocycles. The molecule has 38 heavy (non-hydrogen) atoms. The lowest BCUT2D eigenvalue weighted by Crippen LogP contribution is -2.75. The lowest BCUT2D eigenvalue weighted by Gasteiger charge is -2.71. The molecule has 3 aliphatic carbocycles. The molecule has 2 bridgehead atoms. The summed E-state index contributed by atoms with van der Waals surface area (Å²) in [6, 6.07) is -0.583. The van der Waals surface area contributed by atoms with E-state index < -0.39 is 23.9 Å². The van der Waals surface area contributed by atoms with Crippen molar-refractivity contribution in [2.24, 2.45) is 51.8 Å². The molecule has 0 aromatic heterocycles. The molecule has 13 atom stereocenters. The molecule has 4 aliphatic rings. The fourth-order valence-corrected chi connectivity index (χ4v) is 10.2. The fraction of sp³-hybridized carbons (Fsp3) is 0.903. The minimum absolute atomic E-state index is 0.0385. The van der Waals surface area contributed by atoms with E-state index in [1.165, 1.54) is 18.1 Å². The van der Waals surface area contributed by atoms with E-state index in [-0.39, 0.29) is 51.9 Å². The van der Waals surface area contributed by atoms with Crippen LogP contribution in [0.2, 0.25) is 0 Å². The van der Waals surface area contributed by atoms with Gasteiger partial charge in [-0.05, 0) is 66.6 Å². The molecular formula is C31H53NO6. The van der Waals surface area contributed by atoms with Gasteiger partial charge in [0.1, 0.15) is 17.8 Å². The third-order valence-electron chi connectivity index (χ3n) is 13.1. The fourth-order valence-electron chi connectivity index (χ4n) is 10.2. The van der Waals surface area contributed by atoms with Crippen molar-refractivity contribution >= 4 is 5.91 Å². The predicted octanol–water partition coefficient (Wildman–Crippen LogP) is 4.81. The molecular weight excluding hydrogens is 482 g/mol. The number of fused-ring (bicyclic) bond motifs is 5. The van der Waals surface area contributed by atoms with E-state index in [1.54, 1.807) is 6.92 Å². The van der Waals surface area contributed by atoms with Crippen LogP contribution in [0.5, 0.6) is 0 Å². The Balaban J connectivity index is 1.91. The van der Waals surface area contributed by atoms with Crippen LogP contribution >= 0.6 is 0 Å². The molecule has 2 saturated carbocycles. The SMILES string of the molecule is CC(=O)NC(C)C(O)[C@H](OO)C1CC2(C)C(C)C3[C@]4(O)COC4CC(C)[C@@]3(C)C(C)C(C)C(=C1C)C2(C)C. The van der Waals surface area contributed by atoms with Crippen LogP contribution in [-0.4, -0.2) is 57.9 Å². The summed E-state index contributed by atoms with van der Waals surface area (Å²) in [6.07, 6.45) is -0.542. The first-order chi connectivity index (χ1) is 17.4. The van der Waals surface area contributed by atoms with Crippen LogP contribution in [0.4, 0.5) is 0 Å². The summed E-state index contributed by atoms with van der Waals surface area (Å²) in [7, 11) is 0. The Kier molecular flexibility index (Phi) is 7.53. The van der Waals surface area contributed by atoms with Gasteiger partial charge in [-0.15, -0.1) is 0 Å². The van der Waals surface area contributed by atoms with Crippen LogP contribution in [0.25, 0.3) is 0 Å². The van der Waals surface area contributed by atoms with E-state index in [4.69, 9.17) is 9.62 Å². The highest BCUT2D eigenvalue weighted by atomic mass is 17.1. The van der Waals surface area contributed by atoms with Gasteiger partial charge >= 0.3 is 0 Å².